The fourth-order valence-corrected chi connectivity index (χ4v) is 1.78. The van der Waals surface area contributed by atoms with Crippen LogP contribution < -0.4 is 10.6 Å². The third kappa shape index (κ3) is 6.21. The highest BCUT2D eigenvalue weighted by atomic mass is 16.4. The van der Waals surface area contributed by atoms with Crippen LogP contribution in [0.15, 0.2) is 18.5 Å². The maximum absolute atomic E-state index is 11.6. The highest BCUT2D eigenvalue weighted by molar-refractivity contribution is 5.82. The van der Waals surface area contributed by atoms with E-state index < -0.39 is 18.0 Å². The van der Waals surface area contributed by atoms with E-state index in [4.69, 9.17) is 5.11 Å². The van der Waals surface area contributed by atoms with Crippen LogP contribution in [0.3, 0.4) is 0 Å². The third-order valence-electron chi connectivity index (χ3n) is 2.72. The summed E-state index contributed by atoms with van der Waals surface area (Å²) in [5, 5.41) is 18.2. The number of carbonyl (C=O) groups is 2. The average Bonchev–Trinajstić information content (AvgIpc) is 2.86. The molecular formula is C13H22N4O3. The van der Waals surface area contributed by atoms with E-state index in [-0.39, 0.29) is 5.92 Å². The Morgan fingerprint density at radius 1 is 1.40 bits per heavy atom. The van der Waals surface area contributed by atoms with Crippen LogP contribution in [-0.4, -0.2) is 39.5 Å². The zero-order chi connectivity index (χ0) is 15.0. The van der Waals surface area contributed by atoms with Gasteiger partial charge >= 0.3 is 12.0 Å². The molecule has 1 atom stereocenters. The normalized spacial score (nSPS) is 12.2. The quantitative estimate of drug-likeness (QED) is 0.621. The van der Waals surface area contributed by atoms with E-state index in [1.54, 1.807) is 10.9 Å². The first-order valence-electron chi connectivity index (χ1n) is 6.73. The molecule has 0 saturated carbocycles. The van der Waals surface area contributed by atoms with Gasteiger partial charge in [0.2, 0.25) is 0 Å². The molecule has 0 aromatic carbocycles. The number of carbonyl (C=O) groups excluding carboxylic acids is 1. The number of rotatable bonds is 8. The number of aliphatic carboxylic acids is 1. The minimum Gasteiger partial charge on any atom is -0.480 e. The predicted molar refractivity (Wildman–Crippen MR) is 74.3 cm³/mol. The molecule has 0 radical (unpaired) electrons. The lowest BCUT2D eigenvalue weighted by atomic mass is 10.0. The molecule has 20 heavy (non-hydrogen) atoms. The Morgan fingerprint density at radius 2 is 2.15 bits per heavy atom. The van der Waals surface area contributed by atoms with E-state index in [1.165, 1.54) is 0 Å². The van der Waals surface area contributed by atoms with Gasteiger partial charge in [0.1, 0.15) is 6.04 Å². The van der Waals surface area contributed by atoms with Crippen molar-refractivity contribution in [3.8, 4) is 0 Å². The Kier molecular flexibility index (Phi) is 6.55. The largest absolute Gasteiger partial charge is 0.480 e. The second-order valence-electron chi connectivity index (χ2n) is 5.04. The highest BCUT2D eigenvalue weighted by Gasteiger charge is 2.20. The van der Waals surface area contributed by atoms with Gasteiger partial charge in [-0.25, -0.2) is 9.59 Å². The molecule has 0 spiro atoms. The zero-order valence-electron chi connectivity index (χ0n) is 11.9. The molecule has 0 aliphatic carbocycles. The smallest absolute Gasteiger partial charge is 0.326 e. The van der Waals surface area contributed by atoms with Gasteiger partial charge in [0.25, 0.3) is 0 Å². The molecule has 1 aromatic heterocycles. The monoisotopic (exact) mass is 282 g/mol. The lowest BCUT2D eigenvalue weighted by Gasteiger charge is -2.16. The average molecular weight is 282 g/mol. The molecule has 7 nitrogen and oxygen atoms in total. The topological polar surface area (TPSA) is 96.3 Å². The van der Waals surface area contributed by atoms with Crippen LogP contribution in [0.25, 0.3) is 0 Å². The van der Waals surface area contributed by atoms with Gasteiger partial charge in [0.05, 0.1) is 0 Å². The molecule has 112 valence electrons. The molecule has 1 rings (SSSR count). The van der Waals surface area contributed by atoms with Crippen molar-refractivity contribution >= 4 is 12.0 Å². The number of urea groups is 1. The summed E-state index contributed by atoms with van der Waals surface area (Å²) in [6, 6.07) is 0.545. The zero-order valence-corrected chi connectivity index (χ0v) is 11.9. The van der Waals surface area contributed by atoms with Crippen LogP contribution in [0.5, 0.6) is 0 Å². The molecule has 0 bridgehead atoms. The Morgan fingerprint density at radius 3 is 2.70 bits per heavy atom. The minimum absolute atomic E-state index is 0.205. The van der Waals surface area contributed by atoms with E-state index in [1.807, 2.05) is 26.1 Å². The first-order chi connectivity index (χ1) is 9.49. The summed E-state index contributed by atoms with van der Waals surface area (Å²) in [5.41, 5.74) is 0. The van der Waals surface area contributed by atoms with E-state index in [0.29, 0.717) is 19.5 Å². The van der Waals surface area contributed by atoms with Crippen LogP contribution in [0.1, 0.15) is 26.7 Å². The summed E-state index contributed by atoms with van der Waals surface area (Å²) < 4.78 is 1.78. The fourth-order valence-electron chi connectivity index (χ4n) is 1.78. The summed E-state index contributed by atoms with van der Waals surface area (Å²) in [5.74, 6) is -0.804. The first-order valence-corrected chi connectivity index (χ1v) is 6.73. The van der Waals surface area contributed by atoms with Crippen molar-refractivity contribution in [2.45, 2.75) is 39.3 Å². The van der Waals surface area contributed by atoms with Crippen molar-refractivity contribution in [2.24, 2.45) is 5.92 Å². The SMILES string of the molecule is CC(C)C[C@@H](NC(=O)NCCCn1cccn1)C(=O)O. The van der Waals surface area contributed by atoms with Crippen molar-refractivity contribution in [3.05, 3.63) is 18.5 Å². The first kappa shape index (κ1) is 16.0. The molecule has 1 heterocycles. The number of aromatic nitrogens is 2. The Bertz CT molecular complexity index is 417. The molecular weight excluding hydrogens is 260 g/mol. The van der Waals surface area contributed by atoms with Crippen molar-refractivity contribution in [1.82, 2.24) is 20.4 Å². The van der Waals surface area contributed by atoms with E-state index >= 15 is 0 Å². The Hall–Kier alpha value is -2.05. The number of nitrogens with one attached hydrogen (secondary N) is 2. The second-order valence-corrected chi connectivity index (χ2v) is 5.04. The summed E-state index contributed by atoms with van der Waals surface area (Å²) in [6.45, 7) is 5.01. The molecule has 0 unspecified atom stereocenters. The maximum Gasteiger partial charge on any atom is 0.326 e. The van der Waals surface area contributed by atoms with Crippen molar-refractivity contribution in [2.75, 3.05) is 6.54 Å². The number of aryl methyl sites for hydroxylation is 1. The van der Waals surface area contributed by atoms with Crippen LogP contribution in [0.4, 0.5) is 4.79 Å². The van der Waals surface area contributed by atoms with Gasteiger partial charge in [-0.1, -0.05) is 13.8 Å². The molecule has 0 fully saturated rings. The number of hydrogen-bond acceptors (Lipinski definition) is 3. The van der Waals surface area contributed by atoms with Crippen LogP contribution >= 0.6 is 0 Å². The minimum atomic E-state index is -1.01. The van der Waals surface area contributed by atoms with Crippen LogP contribution in [0.2, 0.25) is 0 Å². The number of nitrogens with zero attached hydrogens (tertiary/aromatic N) is 2. The Balaban J connectivity index is 2.22. The molecule has 0 saturated heterocycles. The molecule has 0 aliphatic heterocycles. The van der Waals surface area contributed by atoms with E-state index in [0.717, 1.165) is 6.42 Å². The van der Waals surface area contributed by atoms with Crippen molar-refractivity contribution in [1.29, 1.82) is 0 Å². The number of carboxylic acids is 1. The molecule has 0 aliphatic rings. The van der Waals surface area contributed by atoms with Gasteiger partial charge in [0, 0.05) is 25.5 Å². The summed E-state index contributed by atoms with van der Waals surface area (Å²) in [6.07, 6.45) is 4.69. The summed E-state index contributed by atoms with van der Waals surface area (Å²) in [4.78, 5) is 22.6. The second kappa shape index (κ2) is 8.19. The summed E-state index contributed by atoms with van der Waals surface area (Å²) >= 11 is 0. The molecule has 3 N–H and O–H groups in total. The van der Waals surface area contributed by atoms with Gasteiger partial charge in [-0.15, -0.1) is 0 Å². The number of hydrogen-bond donors (Lipinski definition) is 3. The number of amides is 2. The fraction of sp³-hybridized carbons (Fsp3) is 0.615. The maximum atomic E-state index is 11.6. The molecule has 1 aromatic rings. The number of carboxylic acid groups (broad SMARTS) is 1. The van der Waals surface area contributed by atoms with E-state index in [2.05, 4.69) is 15.7 Å². The van der Waals surface area contributed by atoms with Gasteiger partial charge in [-0.05, 0) is 24.8 Å². The van der Waals surface area contributed by atoms with Crippen molar-refractivity contribution in [3.63, 3.8) is 0 Å². The van der Waals surface area contributed by atoms with Crippen LogP contribution in [0, 0.1) is 5.92 Å². The Labute approximate surface area is 118 Å². The van der Waals surface area contributed by atoms with Crippen LogP contribution in [-0.2, 0) is 11.3 Å². The lowest BCUT2D eigenvalue weighted by Crippen LogP contribution is -2.46. The van der Waals surface area contributed by atoms with E-state index in [9.17, 15) is 9.59 Å². The van der Waals surface area contributed by atoms with Gasteiger partial charge in [-0.3, -0.25) is 4.68 Å². The van der Waals surface area contributed by atoms with Crippen molar-refractivity contribution < 1.29 is 14.7 Å². The molecule has 7 heteroatoms. The van der Waals surface area contributed by atoms with Gasteiger partial charge in [0.15, 0.2) is 0 Å². The standard InChI is InChI=1S/C13H22N4O3/c1-10(2)9-11(12(18)19)16-13(20)14-5-3-7-17-8-4-6-15-17/h4,6,8,10-11H,3,5,7,9H2,1-2H3,(H,18,19)(H2,14,16,20)/t11-/m1/s1. The summed E-state index contributed by atoms with van der Waals surface area (Å²) in [7, 11) is 0. The molecule has 2 amide bonds. The lowest BCUT2D eigenvalue weighted by molar-refractivity contribution is -0.139. The highest BCUT2D eigenvalue weighted by Crippen LogP contribution is 2.04. The van der Waals surface area contributed by atoms with Gasteiger partial charge in [-0.2, -0.15) is 5.10 Å². The predicted octanol–water partition coefficient (Wildman–Crippen LogP) is 1.07. The third-order valence-corrected chi connectivity index (χ3v) is 2.72. The van der Waals surface area contributed by atoms with Gasteiger partial charge < -0.3 is 15.7 Å².